The fraction of sp³-hybridized carbons (Fsp3) is 0.538. The van der Waals surface area contributed by atoms with Crippen molar-refractivity contribution in [1.29, 1.82) is 0 Å². The van der Waals surface area contributed by atoms with Gasteiger partial charge in [-0.05, 0) is 36.1 Å². The Labute approximate surface area is 88.1 Å². The average molecular weight is 194 g/mol. The highest BCUT2D eigenvalue weighted by Gasteiger charge is 1.99. The Balaban J connectivity index is 0.000000791. The van der Waals surface area contributed by atoms with Gasteiger partial charge in [-0.15, -0.1) is 0 Å². The van der Waals surface area contributed by atoms with Crippen LogP contribution in [0.1, 0.15) is 38.8 Å². The summed E-state index contributed by atoms with van der Waals surface area (Å²) in [4.78, 5) is 0. The third-order valence-electron chi connectivity index (χ3n) is 2.18. The normalized spacial score (nSPS) is 8.93. The number of rotatable bonds is 3. The Kier molecular flexibility index (Phi) is 6.91. The van der Waals surface area contributed by atoms with Gasteiger partial charge in [-0.1, -0.05) is 33.8 Å². The molecule has 1 aromatic carbocycles. The molecule has 0 saturated carbocycles. The topological polar surface area (TPSA) is 9.23 Å². The second-order valence-electron chi connectivity index (χ2n) is 2.84. The third-order valence-corrected chi connectivity index (χ3v) is 2.18. The third kappa shape index (κ3) is 3.41. The molecule has 0 amide bonds. The minimum atomic E-state index is 0.962. The first kappa shape index (κ1) is 13.0. The lowest BCUT2D eigenvalue weighted by Crippen LogP contribution is -1.92. The molecule has 1 rings (SSSR count). The van der Waals surface area contributed by atoms with E-state index in [2.05, 4.69) is 26.0 Å². The summed E-state index contributed by atoms with van der Waals surface area (Å²) in [5.74, 6) is 0.962. The number of benzene rings is 1. The smallest absolute Gasteiger partial charge is 0.119 e. The lowest BCUT2D eigenvalue weighted by atomic mass is 10.0. The molecule has 0 aromatic heterocycles. The highest BCUT2D eigenvalue weighted by Crippen LogP contribution is 2.18. The van der Waals surface area contributed by atoms with E-state index in [4.69, 9.17) is 4.74 Å². The Morgan fingerprint density at radius 2 is 1.57 bits per heavy atom. The van der Waals surface area contributed by atoms with Gasteiger partial charge >= 0.3 is 0 Å². The van der Waals surface area contributed by atoms with Crippen molar-refractivity contribution in [2.75, 3.05) is 7.11 Å². The van der Waals surface area contributed by atoms with Gasteiger partial charge in [0, 0.05) is 0 Å². The molecule has 1 nitrogen and oxygen atoms in total. The van der Waals surface area contributed by atoms with Gasteiger partial charge in [0.05, 0.1) is 7.11 Å². The van der Waals surface area contributed by atoms with E-state index in [-0.39, 0.29) is 0 Å². The second-order valence-corrected chi connectivity index (χ2v) is 2.84. The van der Waals surface area contributed by atoms with Crippen LogP contribution >= 0.6 is 0 Å². The van der Waals surface area contributed by atoms with Gasteiger partial charge in [-0.3, -0.25) is 0 Å². The lowest BCUT2D eigenvalue weighted by Gasteiger charge is -2.07. The summed E-state index contributed by atoms with van der Waals surface area (Å²) in [5.41, 5.74) is 2.83. The summed E-state index contributed by atoms with van der Waals surface area (Å²) in [7, 11) is 1.71. The van der Waals surface area contributed by atoms with Crippen LogP contribution in [0, 0.1) is 0 Å². The van der Waals surface area contributed by atoms with Gasteiger partial charge in [-0.2, -0.15) is 0 Å². The van der Waals surface area contributed by atoms with Crippen LogP contribution in [0.3, 0.4) is 0 Å². The Morgan fingerprint density at radius 3 is 2.00 bits per heavy atom. The zero-order valence-corrected chi connectivity index (χ0v) is 10.1. The molecule has 0 heterocycles. The fourth-order valence-electron chi connectivity index (χ4n) is 1.40. The highest BCUT2D eigenvalue weighted by atomic mass is 16.5. The van der Waals surface area contributed by atoms with E-state index in [9.17, 15) is 0 Å². The fourth-order valence-corrected chi connectivity index (χ4v) is 1.40. The van der Waals surface area contributed by atoms with E-state index in [0.29, 0.717) is 0 Å². The molecule has 0 unspecified atom stereocenters. The van der Waals surface area contributed by atoms with Crippen LogP contribution in [0.2, 0.25) is 0 Å². The van der Waals surface area contributed by atoms with Gasteiger partial charge in [0.25, 0.3) is 0 Å². The molecule has 0 aliphatic heterocycles. The van der Waals surface area contributed by atoms with Crippen LogP contribution < -0.4 is 4.74 Å². The summed E-state index contributed by atoms with van der Waals surface area (Å²) in [6, 6.07) is 6.30. The van der Waals surface area contributed by atoms with Crippen molar-refractivity contribution in [3.63, 3.8) is 0 Å². The number of hydrogen-bond donors (Lipinski definition) is 0. The molecule has 1 aromatic rings. The van der Waals surface area contributed by atoms with E-state index >= 15 is 0 Å². The van der Waals surface area contributed by atoms with Crippen molar-refractivity contribution in [3.8, 4) is 5.75 Å². The summed E-state index contributed by atoms with van der Waals surface area (Å²) in [6.07, 6.45) is 2.19. The predicted molar refractivity (Wildman–Crippen MR) is 63.1 cm³/mol. The molecule has 0 aliphatic rings. The molecule has 0 atom stereocenters. The summed E-state index contributed by atoms with van der Waals surface area (Å²) in [5, 5.41) is 0. The van der Waals surface area contributed by atoms with Crippen LogP contribution in [0.25, 0.3) is 0 Å². The van der Waals surface area contributed by atoms with Crippen LogP contribution in [-0.4, -0.2) is 7.11 Å². The van der Waals surface area contributed by atoms with Crippen molar-refractivity contribution in [1.82, 2.24) is 0 Å². The molecule has 0 bridgehead atoms. The predicted octanol–water partition coefficient (Wildman–Crippen LogP) is 3.85. The van der Waals surface area contributed by atoms with E-state index < -0.39 is 0 Å². The standard InChI is InChI=1S/C11H16O.C2H6/c1-4-9-6-7-11(12-3)8-10(9)5-2;1-2/h6-8H,4-5H2,1-3H3;1-2H3. The van der Waals surface area contributed by atoms with Crippen LogP contribution in [0.15, 0.2) is 18.2 Å². The maximum Gasteiger partial charge on any atom is 0.119 e. The average Bonchev–Trinajstić information content (AvgIpc) is 2.30. The minimum absolute atomic E-state index is 0.962. The maximum absolute atomic E-state index is 5.16. The van der Waals surface area contributed by atoms with Crippen molar-refractivity contribution < 1.29 is 4.74 Å². The molecule has 14 heavy (non-hydrogen) atoms. The van der Waals surface area contributed by atoms with Gasteiger partial charge in [0.1, 0.15) is 5.75 Å². The summed E-state index contributed by atoms with van der Waals surface area (Å²) in [6.45, 7) is 8.36. The number of aryl methyl sites for hydroxylation is 2. The zero-order valence-electron chi connectivity index (χ0n) is 10.1. The van der Waals surface area contributed by atoms with E-state index in [1.165, 1.54) is 11.1 Å². The lowest BCUT2D eigenvalue weighted by molar-refractivity contribution is 0.414. The monoisotopic (exact) mass is 194 g/mol. The molecule has 0 spiro atoms. The first-order valence-electron chi connectivity index (χ1n) is 5.47. The summed E-state index contributed by atoms with van der Waals surface area (Å²) < 4.78 is 5.16. The van der Waals surface area contributed by atoms with E-state index in [1.807, 2.05) is 19.9 Å². The quantitative estimate of drug-likeness (QED) is 0.710. The van der Waals surface area contributed by atoms with Gasteiger partial charge < -0.3 is 4.74 Å². The van der Waals surface area contributed by atoms with Crippen LogP contribution in [-0.2, 0) is 12.8 Å². The number of methoxy groups -OCH3 is 1. The molecule has 0 aliphatic carbocycles. The second kappa shape index (κ2) is 7.43. The largest absolute Gasteiger partial charge is 0.497 e. The molecule has 0 N–H and O–H groups in total. The molecular formula is C13H22O. The highest BCUT2D eigenvalue weighted by molar-refractivity contribution is 5.35. The van der Waals surface area contributed by atoms with Gasteiger partial charge in [0.15, 0.2) is 0 Å². The van der Waals surface area contributed by atoms with Gasteiger partial charge in [-0.25, -0.2) is 0 Å². The minimum Gasteiger partial charge on any atom is -0.497 e. The first-order valence-corrected chi connectivity index (χ1v) is 5.47. The Bertz CT molecular complexity index is 253. The molecule has 0 fully saturated rings. The van der Waals surface area contributed by atoms with E-state index in [0.717, 1.165) is 18.6 Å². The van der Waals surface area contributed by atoms with Crippen LogP contribution in [0.5, 0.6) is 5.75 Å². The zero-order chi connectivity index (χ0) is 11.0. The molecule has 0 saturated heterocycles. The molecule has 80 valence electrons. The SMILES string of the molecule is CC.CCc1ccc(OC)cc1CC. The van der Waals surface area contributed by atoms with Crippen molar-refractivity contribution >= 4 is 0 Å². The maximum atomic E-state index is 5.16. The van der Waals surface area contributed by atoms with Crippen molar-refractivity contribution in [3.05, 3.63) is 29.3 Å². The van der Waals surface area contributed by atoms with E-state index in [1.54, 1.807) is 7.11 Å². The number of ether oxygens (including phenoxy) is 1. The Morgan fingerprint density at radius 1 is 1.00 bits per heavy atom. The first-order chi connectivity index (χ1) is 6.81. The number of hydrogen-bond acceptors (Lipinski definition) is 1. The Hall–Kier alpha value is -0.980. The summed E-state index contributed by atoms with van der Waals surface area (Å²) >= 11 is 0. The molecular weight excluding hydrogens is 172 g/mol. The molecule has 1 heteroatoms. The van der Waals surface area contributed by atoms with Gasteiger partial charge in [0.2, 0.25) is 0 Å². The van der Waals surface area contributed by atoms with Crippen molar-refractivity contribution in [2.45, 2.75) is 40.5 Å². The van der Waals surface area contributed by atoms with Crippen LogP contribution in [0.4, 0.5) is 0 Å². The van der Waals surface area contributed by atoms with Crippen molar-refractivity contribution in [2.24, 2.45) is 0 Å². The molecule has 0 radical (unpaired) electrons.